The molecule has 2 aliphatic rings. The van der Waals surface area contributed by atoms with Crippen molar-refractivity contribution in [2.45, 2.75) is 77.4 Å². The van der Waals surface area contributed by atoms with Crippen LogP contribution < -0.4 is 5.23 Å². The third-order valence-electron chi connectivity index (χ3n) is 6.57. The van der Waals surface area contributed by atoms with E-state index in [1.165, 1.54) is 0 Å². The average molecular weight is 514 g/mol. The molecule has 9 nitrogen and oxygen atoms in total. The maximum Gasteiger partial charge on any atom is 0.339 e. The van der Waals surface area contributed by atoms with E-state index >= 15 is 0 Å². The molecular formula is C28H35NO8. The molecule has 9 heteroatoms. The first kappa shape index (κ1) is 28.0. The van der Waals surface area contributed by atoms with Crippen molar-refractivity contribution >= 4 is 29.6 Å². The summed E-state index contributed by atoms with van der Waals surface area (Å²) in [5, 5.41) is 0.880. The van der Waals surface area contributed by atoms with Crippen molar-refractivity contribution in [2.24, 2.45) is 11.8 Å². The van der Waals surface area contributed by atoms with Gasteiger partial charge in [0, 0.05) is 11.1 Å². The molecule has 0 heterocycles. The summed E-state index contributed by atoms with van der Waals surface area (Å²) in [5.74, 6) is -2.73. The lowest BCUT2D eigenvalue weighted by atomic mass is 9.87. The number of carbonyl (C=O) groups is 4. The van der Waals surface area contributed by atoms with Crippen LogP contribution in [0.5, 0.6) is 0 Å². The molecule has 0 unspecified atom stereocenters. The molecule has 0 aliphatic heterocycles. The van der Waals surface area contributed by atoms with E-state index in [-0.39, 0.29) is 12.2 Å². The zero-order valence-electron chi connectivity index (χ0n) is 21.5. The van der Waals surface area contributed by atoms with Crippen molar-refractivity contribution in [3.63, 3.8) is 0 Å². The summed E-state index contributed by atoms with van der Waals surface area (Å²) in [5.41, 5.74) is 1.07. The highest BCUT2D eigenvalue weighted by molar-refractivity contribution is 5.87. The molecule has 0 spiro atoms. The average Bonchev–Trinajstić information content (AvgIpc) is 2.89. The molecule has 0 saturated heterocycles. The fourth-order valence-corrected chi connectivity index (χ4v) is 4.32. The number of hydrogen-bond acceptors (Lipinski definition) is 9. The smallest absolute Gasteiger partial charge is 0.339 e. The van der Waals surface area contributed by atoms with Gasteiger partial charge < -0.3 is 19.1 Å². The van der Waals surface area contributed by atoms with Gasteiger partial charge in [-0.2, -0.15) is 0 Å². The van der Waals surface area contributed by atoms with Gasteiger partial charge in [0.15, 0.2) is 0 Å². The van der Waals surface area contributed by atoms with Gasteiger partial charge in [-0.3, -0.25) is 0 Å². The fourth-order valence-electron chi connectivity index (χ4n) is 4.32. The number of benzene rings is 1. The van der Waals surface area contributed by atoms with Gasteiger partial charge in [-0.1, -0.05) is 31.4 Å². The molecule has 0 bridgehead atoms. The number of esters is 2. The van der Waals surface area contributed by atoms with E-state index in [1.54, 1.807) is 44.2 Å². The van der Waals surface area contributed by atoms with Crippen molar-refractivity contribution in [3.8, 4) is 0 Å². The molecule has 1 aromatic carbocycles. The molecule has 3 rings (SSSR count). The van der Waals surface area contributed by atoms with Crippen LogP contribution in [0.2, 0.25) is 0 Å². The summed E-state index contributed by atoms with van der Waals surface area (Å²) in [6, 6.07) is 8.62. The number of para-hydroxylation sites is 1. The minimum Gasteiger partial charge on any atom is -0.459 e. The summed E-state index contributed by atoms with van der Waals surface area (Å²) in [6.07, 6.45) is 3.53. The van der Waals surface area contributed by atoms with Crippen molar-refractivity contribution in [1.82, 2.24) is 0 Å². The van der Waals surface area contributed by atoms with Gasteiger partial charge in [0.25, 0.3) is 0 Å². The number of carbonyl (C=O) groups excluding carboxylic acids is 4. The molecule has 2 saturated carbocycles. The third-order valence-corrected chi connectivity index (χ3v) is 6.57. The Kier molecular flexibility index (Phi) is 9.88. The highest BCUT2D eigenvalue weighted by atomic mass is 17.0. The molecular weight excluding hydrogens is 478 g/mol. The number of nitrogens with zero attached hydrogens (tertiary/aromatic N) is 1. The van der Waals surface area contributed by atoms with Crippen LogP contribution in [0.25, 0.3) is 0 Å². The molecule has 0 N–H and O–H groups in total. The largest absolute Gasteiger partial charge is 0.459 e. The minimum atomic E-state index is -0.517. The molecule has 1 aromatic rings. The van der Waals surface area contributed by atoms with Crippen molar-refractivity contribution in [1.29, 1.82) is 0 Å². The summed E-state index contributed by atoms with van der Waals surface area (Å²) in [4.78, 5) is 60.5. The molecule has 0 aromatic heterocycles. The first-order chi connectivity index (χ1) is 17.6. The summed E-state index contributed by atoms with van der Waals surface area (Å²) < 4.78 is 10.8. The second-order valence-electron chi connectivity index (χ2n) is 9.73. The highest BCUT2D eigenvalue weighted by Gasteiger charge is 2.34. The van der Waals surface area contributed by atoms with Gasteiger partial charge in [0.2, 0.25) is 0 Å². The Morgan fingerprint density at radius 1 is 0.676 bits per heavy atom. The van der Waals surface area contributed by atoms with E-state index in [0.29, 0.717) is 68.2 Å². The lowest BCUT2D eigenvalue weighted by Gasteiger charge is -2.30. The Labute approximate surface area is 217 Å². The normalized spacial score (nSPS) is 23.2. The Bertz CT molecular complexity index is 942. The van der Waals surface area contributed by atoms with E-state index in [4.69, 9.17) is 19.1 Å². The van der Waals surface area contributed by atoms with E-state index in [9.17, 15) is 19.2 Å². The van der Waals surface area contributed by atoms with Gasteiger partial charge in [0.1, 0.15) is 17.9 Å². The number of hydrogen-bond donors (Lipinski definition) is 0. The van der Waals surface area contributed by atoms with Crippen LogP contribution in [0.3, 0.4) is 0 Å². The van der Waals surface area contributed by atoms with Gasteiger partial charge in [-0.05, 0) is 82.6 Å². The Morgan fingerprint density at radius 3 is 1.41 bits per heavy atom. The van der Waals surface area contributed by atoms with E-state index in [2.05, 4.69) is 13.2 Å². The highest BCUT2D eigenvalue weighted by Crippen LogP contribution is 2.31. The van der Waals surface area contributed by atoms with Gasteiger partial charge in [-0.25, -0.2) is 19.2 Å². The second kappa shape index (κ2) is 13.1. The molecule has 0 radical (unpaired) electrons. The molecule has 0 atom stereocenters. The topological polar surface area (TPSA) is 108 Å². The van der Waals surface area contributed by atoms with Crippen LogP contribution in [0.15, 0.2) is 54.6 Å². The molecule has 2 fully saturated rings. The molecule has 37 heavy (non-hydrogen) atoms. The lowest BCUT2D eigenvalue weighted by molar-refractivity contribution is -0.182. The van der Waals surface area contributed by atoms with Crippen LogP contribution in [-0.2, 0) is 38.3 Å². The predicted molar refractivity (Wildman–Crippen MR) is 134 cm³/mol. The summed E-state index contributed by atoms with van der Waals surface area (Å²) >= 11 is 0. The minimum absolute atomic E-state index is 0.263. The van der Waals surface area contributed by atoms with Crippen LogP contribution in [-0.4, -0.2) is 36.1 Å². The van der Waals surface area contributed by atoms with Gasteiger partial charge in [-0.15, -0.1) is 0 Å². The van der Waals surface area contributed by atoms with Crippen LogP contribution in [0.1, 0.15) is 65.2 Å². The maximum atomic E-state index is 12.9. The van der Waals surface area contributed by atoms with Crippen molar-refractivity contribution < 1.29 is 38.3 Å². The molecule has 200 valence electrons. The standard InChI is InChI=1S/C28H35NO8/c1-18(2)25(30)34-23-14-10-20(11-15-23)27(32)36-29(22-8-6-5-7-9-22)37-28(33)21-12-16-24(17-13-21)35-26(31)19(3)4/h5-9,20-21,23-24H,1,3,10-17H2,2,4H3. The van der Waals surface area contributed by atoms with Crippen LogP contribution >= 0.6 is 0 Å². The van der Waals surface area contributed by atoms with Gasteiger partial charge in [0.05, 0.1) is 11.8 Å². The van der Waals surface area contributed by atoms with Crippen molar-refractivity contribution in [2.75, 3.05) is 5.23 Å². The third kappa shape index (κ3) is 8.20. The second-order valence-corrected chi connectivity index (χ2v) is 9.73. The lowest BCUT2D eigenvalue weighted by Crippen LogP contribution is -2.38. The van der Waals surface area contributed by atoms with Crippen LogP contribution in [0, 0.1) is 11.8 Å². The first-order valence-electron chi connectivity index (χ1n) is 12.7. The monoisotopic (exact) mass is 513 g/mol. The first-order valence-corrected chi connectivity index (χ1v) is 12.7. The maximum absolute atomic E-state index is 12.9. The molecule has 0 amide bonds. The number of rotatable bonds is 9. The predicted octanol–water partition coefficient (Wildman–Crippen LogP) is 4.77. The van der Waals surface area contributed by atoms with Crippen LogP contribution in [0.4, 0.5) is 5.69 Å². The number of anilines is 1. The zero-order valence-corrected chi connectivity index (χ0v) is 21.5. The summed E-state index contributed by atoms with van der Waals surface area (Å²) in [7, 11) is 0. The number of ether oxygens (including phenoxy) is 2. The Balaban J connectivity index is 1.55. The molecule has 2 aliphatic carbocycles. The van der Waals surface area contributed by atoms with E-state index in [1.807, 2.05) is 0 Å². The quantitative estimate of drug-likeness (QED) is 0.262. The Hall–Kier alpha value is -3.62. The van der Waals surface area contributed by atoms with Gasteiger partial charge >= 0.3 is 23.9 Å². The summed E-state index contributed by atoms with van der Waals surface area (Å²) in [6.45, 7) is 10.4. The zero-order chi connectivity index (χ0) is 26.9. The fraction of sp³-hybridized carbons (Fsp3) is 0.500. The van der Waals surface area contributed by atoms with E-state index < -0.39 is 35.7 Å². The van der Waals surface area contributed by atoms with Crippen molar-refractivity contribution in [3.05, 3.63) is 54.6 Å². The Morgan fingerprint density at radius 2 is 1.05 bits per heavy atom. The van der Waals surface area contributed by atoms with E-state index in [0.717, 1.165) is 5.23 Å². The SMILES string of the molecule is C=C(C)C(=O)OC1CCC(C(=O)ON(OC(=O)C2CCC(OC(=O)C(=C)C)CC2)c2ccccc2)CC1.